The molecule has 0 radical (unpaired) electrons. The van der Waals surface area contributed by atoms with Crippen LogP contribution in [0.4, 0.5) is 11.4 Å². The minimum absolute atomic E-state index is 0.0213. The number of anilines is 2. The van der Waals surface area contributed by atoms with Gasteiger partial charge in [0.05, 0.1) is 12.2 Å². The Morgan fingerprint density at radius 2 is 2.26 bits per heavy atom. The van der Waals surface area contributed by atoms with Crippen LogP contribution >= 0.6 is 15.9 Å². The van der Waals surface area contributed by atoms with Crippen LogP contribution in [0.1, 0.15) is 19.8 Å². The lowest BCUT2D eigenvalue weighted by Gasteiger charge is -2.19. The normalized spacial score (nSPS) is 14.7. The van der Waals surface area contributed by atoms with Crippen molar-refractivity contribution < 1.29 is 4.79 Å². The Labute approximate surface area is 122 Å². The van der Waals surface area contributed by atoms with Gasteiger partial charge >= 0.3 is 0 Å². The van der Waals surface area contributed by atoms with E-state index in [9.17, 15) is 4.79 Å². The standard InChI is InChI=1S/C14H20BrN3O/c1-2-18(8-10-3-4-10)9-14(19)17-13-6-5-11(16)7-12(13)15/h5-7,10H,2-4,8-9,16H2,1H3,(H,17,19). The van der Waals surface area contributed by atoms with Crippen LogP contribution in [0.25, 0.3) is 0 Å². The highest BCUT2D eigenvalue weighted by atomic mass is 79.9. The molecule has 5 heteroatoms. The van der Waals surface area contributed by atoms with E-state index in [4.69, 9.17) is 5.73 Å². The molecule has 0 bridgehead atoms. The molecule has 1 fully saturated rings. The summed E-state index contributed by atoms with van der Waals surface area (Å²) in [5.74, 6) is 0.823. The molecule has 1 aliphatic rings. The van der Waals surface area contributed by atoms with Crippen LogP contribution in [-0.4, -0.2) is 30.4 Å². The summed E-state index contributed by atoms with van der Waals surface area (Å²) in [6.07, 6.45) is 2.61. The molecular weight excluding hydrogens is 306 g/mol. The molecule has 1 saturated carbocycles. The second kappa shape index (κ2) is 6.39. The molecule has 0 atom stereocenters. The highest BCUT2D eigenvalue weighted by molar-refractivity contribution is 9.10. The van der Waals surface area contributed by atoms with Gasteiger partial charge in [0.15, 0.2) is 0 Å². The Bertz CT molecular complexity index is 460. The number of nitrogen functional groups attached to an aromatic ring is 1. The van der Waals surface area contributed by atoms with Crippen molar-refractivity contribution in [2.45, 2.75) is 19.8 Å². The zero-order chi connectivity index (χ0) is 13.8. The van der Waals surface area contributed by atoms with E-state index in [1.165, 1.54) is 12.8 Å². The van der Waals surface area contributed by atoms with E-state index in [0.717, 1.165) is 29.2 Å². The number of halogens is 1. The highest BCUT2D eigenvalue weighted by Gasteiger charge is 2.24. The number of hydrogen-bond acceptors (Lipinski definition) is 3. The first-order chi connectivity index (χ1) is 9.08. The lowest BCUT2D eigenvalue weighted by molar-refractivity contribution is -0.117. The van der Waals surface area contributed by atoms with Crippen molar-refractivity contribution in [1.29, 1.82) is 0 Å². The van der Waals surface area contributed by atoms with Crippen molar-refractivity contribution in [3.8, 4) is 0 Å². The zero-order valence-corrected chi connectivity index (χ0v) is 12.7. The monoisotopic (exact) mass is 325 g/mol. The van der Waals surface area contributed by atoms with Crippen LogP contribution in [-0.2, 0) is 4.79 Å². The number of nitrogens with two attached hydrogens (primary N) is 1. The molecule has 0 unspecified atom stereocenters. The van der Waals surface area contributed by atoms with Crippen molar-refractivity contribution in [3.63, 3.8) is 0 Å². The van der Waals surface area contributed by atoms with Crippen LogP contribution in [0.3, 0.4) is 0 Å². The highest BCUT2D eigenvalue weighted by Crippen LogP contribution is 2.29. The van der Waals surface area contributed by atoms with Crippen LogP contribution in [0.2, 0.25) is 0 Å². The van der Waals surface area contributed by atoms with Crippen molar-refractivity contribution in [3.05, 3.63) is 22.7 Å². The molecule has 0 aromatic heterocycles. The van der Waals surface area contributed by atoms with Gasteiger partial charge in [-0.05, 0) is 59.4 Å². The number of hydrogen-bond donors (Lipinski definition) is 2. The summed E-state index contributed by atoms with van der Waals surface area (Å²) in [4.78, 5) is 14.2. The molecular formula is C14H20BrN3O. The van der Waals surface area contributed by atoms with Crippen molar-refractivity contribution in [2.75, 3.05) is 30.7 Å². The molecule has 19 heavy (non-hydrogen) atoms. The van der Waals surface area contributed by atoms with Gasteiger partial charge in [-0.25, -0.2) is 0 Å². The largest absolute Gasteiger partial charge is 0.399 e. The summed E-state index contributed by atoms with van der Waals surface area (Å²) in [6.45, 7) is 4.48. The maximum atomic E-state index is 12.0. The summed E-state index contributed by atoms with van der Waals surface area (Å²) in [5, 5.41) is 2.91. The number of rotatable bonds is 6. The molecule has 104 valence electrons. The fourth-order valence-corrected chi connectivity index (χ4v) is 2.49. The predicted octanol–water partition coefficient (Wildman–Crippen LogP) is 2.70. The van der Waals surface area contributed by atoms with Crippen molar-refractivity contribution >= 4 is 33.2 Å². The molecule has 0 saturated heterocycles. The van der Waals surface area contributed by atoms with Crippen LogP contribution < -0.4 is 11.1 Å². The maximum absolute atomic E-state index is 12.0. The number of carbonyl (C=O) groups excluding carboxylic acids is 1. The minimum atomic E-state index is 0.0213. The SMILES string of the molecule is CCN(CC(=O)Nc1ccc(N)cc1Br)CC1CC1. The van der Waals surface area contributed by atoms with Gasteiger partial charge in [0.25, 0.3) is 0 Å². The second-order valence-electron chi connectivity index (χ2n) is 5.06. The Kier molecular flexibility index (Phi) is 4.82. The molecule has 0 heterocycles. The number of likely N-dealkylation sites (N-methyl/N-ethyl adjacent to an activating group) is 1. The summed E-state index contributed by atoms with van der Waals surface area (Å²) in [7, 11) is 0. The van der Waals surface area contributed by atoms with Gasteiger partial charge < -0.3 is 11.1 Å². The van der Waals surface area contributed by atoms with E-state index in [2.05, 4.69) is 33.1 Å². The van der Waals surface area contributed by atoms with Gasteiger partial charge in [0, 0.05) is 16.7 Å². The van der Waals surface area contributed by atoms with Crippen LogP contribution in [0, 0.1) is 5.92 Å². The van der Waals surface area contributed by atoms with Gasteiger partial charge in [0.2, 0.25) is 5.91 Å². The lowest BCUT2D eigenvalue weighted by Crippen LogP contribution is -2.34. The number of nitrogens with one attached hydrogen (secondary N) is 1. The maximum Gasteiger partial charge on any atom is 0.238 e. The fourth-order valence-electron chi connectivity index (χ4n) is 2.00. The Balaban J connectivity index is 1.88. The third-order valence-corrected chi connectivity index (χ3v) is 3.95. The zero-order valence-electron chi connectivity index (χ0n) is 11.2. The van der Waals surface area contributed by atoms with Gasteiger partial charge in [-0.15, -0.1) is 0 Å². The van der Waals surface area contributed by atoms with Crippen LogP contribution in [0.5, 0.6) is 0 Å². The summed E-state index contributed by atoms with van der Waals surface area (Å²) < 4.78 is 0.811. The first-order valence-corrected chi connectivity index (χ1v) is 7.45. The fraction of sp³-hybridized carbons (Fsp3) is 0.500. The van der Waals surface area contributed by atoms with Crippen LogP contribution in [0.15, 0.2) is 22.7 Å². The first-order valence-electron chi connectivity index (χ1n) is 6.65. The topological polar surface area (TPSA) is 58.4 Å². The summed E-state index contributed by atoms with van der Waals surface area (Å²) >= 11 is 3.40. The molecule has 1 amide bonds. The number of amides is 1. The molecule has 1 aromatic carbocycles. The Morgan fingerprint density at radius 1 is 1.53 bits per heavy atom. The molecule has 1 aliphatic carbocycles. The predicted molar refractivity (Wildman–Crippen MR) is 82.0 cm³/mol. The van der Waals surface area contributed by atoms with Gasteiger partial charge in [-0.1, -0.05) is 6.92 Å². The molecule has 2 rings (SSSR count). The van der Waals surface area contributed by atoms with E-state index in [1.54, 1.807) is 12.1 Å². The van der Waals surface area contributed by atoms with Gasteiger partial charge in [-0.3, -0.25) is 9.69 Å². The molecule has 1 aromatic rings. The smallest absolute Gasteiger partial charge is 0.238 e. The summed E-state index contributed by atoms with van der Waals surface area (Å²) in [6, 6.07) is 5.38. The van der Waals surface area contributed by atoms with E-state index in [1.807, 2.05) is 6.07 Å². The average molecular weight is 326 g/mol. The minimum Gasteiger partial charge on any atom is -0.399 e. The third-order valence-electron chi connectivity index (χ3n) is 3.29. The summed E-state index contributed by atoms with van der Waals surface area (Å²) in [5.41, 5.74) is 7.11. The number of benzene rings is 1. The lowest BCUT2D eigenvalue weighted by atomic mass is 10.3. The quantitative estimate of drug-likeness (QED) is 0.790. The molecule has 0 aliphatic heterocycles. The van der Waals surface area contributed by atoms with E-state index in [0.29, 0.717) is 12.2 Å². The Hall–Kier alpha value is -1.07. The molecule has 3 N–H and O–H groups in total. The Morgan fingerprint density at radius 3 is 2.84 bits per heavy atom. The second-order valence-corrected chi connectivity index (χ2v) is 5.91. The van der Waals surface area contributed by atoms with E-state index in [-0.39, 0.29) is 5.91 Å². The van der Waals surface area contributed by atoms with Gasteiger partial charge in [-0.2, -0.15) is 0 Å². The van der Waals surface area contributed by atoms with E-state index < -0.39 is 0 Å². The van der Waals surface area contributed by atoms with Crippen molar-refractivity contribution in [1.82, 2.24) is 4.90 Å². The number of nitrogens with zero attached hydrogens (tertiary/aromatic N) is 1. The van der Waals surface area contributed by atoms with E-state index >= 15 is 0 Å². The average Bonchev–Trinajstić information content (AvgIpc) is 3.16. The van der Waals surface area contributed by atoms with Crippen molar-refractivity contribution in [2.24, 2.45) is 5.92 Å². The third kappa shape index (κ3) is 4.51. The van der Waals surface area contributed by atoms with Gasteiger partial charge in [0.1, 0.15) is 0 Å². The first kappa shape index (κ1) is 14.3. The number of carbonyl (C=O) groups is 1. The molecule has 4 nitrogen and oxygen atoms in total. The molecule has 0 spiro atoms.